The minimum absolute atomic E-state index is 0.0480. The number of hydrogen-bond acceptors (Lipinski definition) is 3. The first-order chi connectivity index (χ1) is 5.65. The predicted octanol–water partition coefficient (Wildman–Crippen LogP) is 1.41. The molecule has 0 aliphatic rings. The lowest BCUT2D eigenvalue weighted by atomic mass is 10.3. The SMILES string of the molecule is Cc1nc(CCCl)c([N+](=O)[O-])[nH]1. The van der Waals surface area contributed by atoms with Crippen molar-refractivity contribution in [3.63, 3.8) is 0 Å². The largest absolute Gasteiger partial charge is 0.358 e. The average Bonchev–Trinajstić information content (AvgIpc) is 2.32. The number of aromatic nitrogens is 2. The molecular weight excluding hydrogens is 182 g/mol. The molecule has 1 aromatic rings. The number of H-pyrrole nitrogens is 1. The van der Waals surface area contributed by atoms with Crippen molar-refractivity contribution in [1.82, 2.24) is 9.97 Å². The van der Waals surface area contributed by atoms with Gasteiger partial charge in [-0.1, -0.05) is 0 Å². The van der Waals surface area contributed by atoms with Crippen LogP contribution >= 0.6 is 11.6 Å². The second kappa shape index (κ2) is 3.53. The molecule has 1 rings (SSSR count). The highest BCUT2D eigenvalue weighted by Gasteiger charge is 2.16. The van der Waals surface area contributed by atoms with Crippen molar-refractivity contribution in [1.29, 1.82) is 0 Å². The molecule has 66 valence electrons. The van der Waals surface area contributed by atoms with E-state index in [1.807, 2.05) is 0 Å². The van der Waals surface area contributed by atoms with Crippen LogP contribution in [0.1, 0.15) is 11.5 Å². The van der Waals surface area contributed by atoms with Gasteiger partial charge in [-0.05, 0) is 4.92 Å². The maximum absolute atomic E-state index is 10.4. The van der Waals surface area contributed by atoms with Crippen LogP contribution in [0.5, 0.6) is 0 Å². The summed E-state index contributed by atoms with van der Waals surface area (Å²) in [5.74, 6) is 0.834. The number of aryl methyl sites for hydroxylation is 2. The van der Waals surface area contributed by atoms with Gasteiger partial charge >= 0.3 is 5.82 Å². The Hall–Kier alpha value is -1.10. The molecule has 1 aromatic heterocycles. The van der Waals surface area contributed by atoms with E-state index < -0.39 is 4.92 Å². The van der Waals surface area contributed by atoms with Crippen molar-refractivity contribution in [3.05, 3.63) is 21.6 Å². The fourth-order valence-electron chi connectivity index (χ4n) is 0.942. The molecule has 0 saturated heterocycles. The molecule has 0 aromatic carbocycles. The second-order valence-electron chi connectivity index (χ2n) is 2.31. The molecule has 0 aliphatic heterocycles. The molecule has 0 atom stereocenters. The van der Waals surface area contributed by atoms with E-state index in [4.69, 9.17) is 11.6 Å². The first-order valence-corrected chi connectivity index (χ1v) is 3.94. The van der Waals surface area contributed by atoms with E-state index in [0.29, 0.717) is 23.8 Å². The minimum atomic E-state index is -0.484. The van der Waals surface area contributed by atoms with E-state index in [2.05, 4.69) is 9.97 Å². The summed E-state index contributed by atoms with van der Waals surface area (Å²) in [7, 11) is 0. The van der Waals surface area contributed by atoms with Gasteiger partial charge in [-0.3, -0.25) is 0 Å². The van der Waals surface area contributed by atoms with E-state index in [1.54, 1.807) is 6.92 Å². The van der Waals surface area contributed by atoms with Crippen molar-refractivity contribution in [2.75, 3.05) is 5.88 Å². The zero-order valence-electron chi connectivity index (χ0n) is 6.50. The Labute approximate surface area is 73.9 Å². The van der Waals surface area contributed by atoms with E-state index in [1.165, 1.54) is 0 Å². The van der Waals surface area contributed by atoms with Gasteiger partial charge in [0, 0.05) is 19.2 Å². The molecule has 0 saturated carbocycles. The van der Waals surface area contributed by atoms with Gasteiger partial charge in [-0.15, -0.1) is 11.6 Å². The van der Waals surface area contributed by atoms with Crippen LogP contribution in [0, 0.1) is 17.0 Å². The van der Waals surface area contributed by atoms with E-state index >= 15 is 0 Å². The first-order valence-electron chi connectivity index (χ1n) is 3.41. The number of rotatable bonds is 3. The van der Waals surface area contributed by atoms with Gasteiger partial charge in [0.25, 0.3) is 0 Å². The standard InChI is InChI=1S/C6H8ClN3O2/c1-4-8-5(2-3-7)6(9-4)10(11)12/h2-3H2,1H3,(H,8,9). The molecular formula is C6H8ClN3O2. The van der Waals surface area contributed by atoms with Gasteiger partial charge in [0.2, 0.25) is 0 Å². The Morgan fingerprint density at radius 1 is 1.75 bits per heavy atom. The summed E-state index contributed by atoms with van der Waals surface area (Å²) in [6.07, 6.45) is 0.419. The molecule has 0 bridgehead atoms. The first kappa shape index (κ1) is 8.99. The van der Waals surface area contributed by atoms with Crippen LogP contribution in [0.25, 0.3) is 0 Å². The number of nitrogens with zero attached hydrogens (tertiary/aromatic N) is 2. The van der Waals surface area contributed by atoms with Gasteiger partial charge in [0.15, 0.2) is 5.82 Å². The Balaban J connectivity index is 2.99. The van der Waals surface area contributed by atoms with Crippen LogP contribution in [0.15, 0.2) is 0 Å². The highest BCUT2D eigenvalue weighted by atomic mass is 35.5. The summed E-state index contributed by atoms with van der Waals surface area (Å²) in [4.78, 5) is 16.4. The van der Waals surface area contributed by atoms with Crippen LogP contribution in [-0.4, -0.2) is 20.8 Å². The van der Waals surface area contributed by atoms with E-state index in [9.17, 15) is 10.1 Å². The Kier molecular flexibility index (Phi) is 2.65. The fourth-order valence-corrected chi connectivity index (χ4v) is 1.12. The van der Waals surface area contributed by atoms with Crippen molar-refractivity contribution < 1.29 is 4.92 Å². The third-order valence-electron chi connectivity index (χ3n) is 1.39. The topological polar surface area (TPSA) is 71.8 Å². The van der Waals surface area contributed by atoms with Crippen molar-refractivity contribution >= 4 is 17.4 Å². The van der Waals surface area contributed by atoms with E-state index in [0.717, 1.165) is 0 Å². The summed E-state index contributed by atoms with van der Waals surface area (Å²) < 4.78 is 0. The minimum Gasteiger partial charge on any atom is -0.358 e. The van der Waals surface area contributed by atoms with E-state index in [-0.39, 0.29) is 5.82 Å². The van der Waals surface area contributed by atoms with Crippen LogP contribution < -0.4 is 0 Å². The number of halogens is 1. The summed E-state index contributed by atoms with van der Waals surface area (Å²) in [6.45, 7) is 1.67. The number of nitrogens with one attached hydrogen (secondary N) is 1. The third kappa shape index (κ3) is 1.73. The summed E-state index contributed by atoms with van der Waals surface area (Å²) in [5, 5.41) is 10.4. The number of hydrogen-bond donors (Lipinski definition) is 1. The van der Waals surface area contributed by atoms with Crippen LogP contribution in [0.2, 0.25) is 0 Å². The van der Waals surface area contributed by atoms with Crippen LogP contribution in [0.4, 0.5) is 5.82 Å². The lowest BCUT2D eigenvalue weighted by Crippen LogP contribution is -1.95. The zero-order chi connectivity index (χ0) is 9.14. The normalized spacial score (nSPS) is 10.2. The smallest absolute Gasteiger partial charge is 0.343 e. The molecule has 12 heavy (non-hydrogen) atoms. The molecule has 0 spiro atoms. The Morgan fingerprint density at radius 3 is 2.92 bits per heavy atom. The van der Waals surface area contributed by atoms with Gasteiger partial charge in [-0.25, -0.2) is 9.97 Å². The molecule has 0 unspecified atom stereocenters. The monoisotopic (exact) mass is 189 g/mol. The second-order valence-corrected chi connectivity index (χ2v) is 2.69. The number of aromatic amines is 1. The third-order valence-corrected chi connectivity index (χ3v) is 1.58. The predicted molar refractivity (Wildman–Crippen MR) is 44.4 cm³/mol. The molecule has 0 radical (unpaired) electrons. The molecule has 1 N–H and O–H groups in total. The maximum Gasteiger partial charge on any atom is 0.343 e. The number of imidazole rings is 1. The average molecular weight is 190 g/mol. The number of nitro groups is 1. The Morgan fingerprint density at radius 2 is 2.42 bits per heavy atom. The zero-order valence-corrected chi connectivity index (χ0v) is 7.26. The molecule has 0 fully saturated rings. The van der Waals surface area contributed by atoms with Crippen LogP contribution in [-0.2, 0) is 6.42 Å². The van der Waals surface area contributed by atoms with Gasteiger partial charge in [0.1, 0.15) is 5.69 Å². The summed E-state index contributed by atoms with van der Waals surface area (Å²) >= 11 is 5.45. The maximum atomic E-state index is 10.4. The van der Waals surface area contributed by atoms with Gasteiger partial charge in [0.05, 0.1) is 0 Å². The van der Waals surface area contributed by atoms with Gasteiger partial charge < -0.3 is 10.1 Å². The summed E-state index contributed by atoms with van der Waals surface area (Å²) in [5.41, 5.74) is 0.424. The summed E-state index contributed by atoms with van der Waals surface area (Å²) in [6, 6.07) is 0. The highest BCUT2D eigenvalue weighted by molar-refractivity contribution is 6.18. The lowest BCUT2D eigenvalue weighted by Gasteiger charge is -1.92. The molecule has 5 nitrogen and oxygen atoms in total. The lowest BCUT2D eigenvalue weighted by molar-refractivity contribution is -0.390. The van der Waals surface area contributed by atoms with Crippen molar-refractivity contribution in [2.45, 2.75) is 13.3 Å². The van der Waals surface area contributed by atoms with Gasteiger partial charge in [-0.2, -0.15) is 0 Å². The Bertz CT molecular complexity index is 297. The molecule has 1 heterocycles. The fraction of sp³-hybridized carbons (Fsp3) is 0.500. The highest BCUT2D eigenvalue weighted by Crippen LogP contribution is 2.15. The molecule has 0 aliphatic carbocycles. The number of alkyl halides is 1. The van der Waals surface area contributed by atoms with Crippen molar-refractivity contribution in [2.24, 2.45) is 0 Å². The van der Waals surface area contributed by atoms with Crippen molar-refractivity contribution in [3.8, 4) is 0 Å². The van der Waals surface area contributed by atoms with Crippen LogP contribution in [0.3, 0.4) is 0 Å². The molecule has 0 amide bonds. The quantitative estimate of drug-likeness (QED) is 0.444. The molecule has 6 heteroatoms.